The highest BCUT2D eigenvalue weighted by Crippen LogP contribution is 2.65. The quantitative estimate of drug-likeness (QED) is 0.525. The Morgan fingerprint density at radius 1 is 1.15 bits per heavy atom. The summed E-state index contributed by atoms with van der Waals surface area (Å²) in [5.74, 6) is 0.624. The number of allylic oxidation sites excluding steroid dienone is 4. The molecule has 1 amide bonds. The number of hydrogen-bond acceptors (Lipinski definition) is 7. The van der Waals surface area contributed by atoms with E-state index in [0.717, 1.165) is 18.4 Å². The summed E-state index contributed by atoms with van der Waals surface area (Å²) in [6.07, 6.45) is 7.29. The Bertz CT molecular complexity index is 1370. The number of anilines is 1. The van der Waals surface area contributed by atoms with Crippen molar-refractivity contribution in [3.8, 4) is 5.75 Å². The zero-order valence-electron chi connectivity index (χ0n) is 22.7. The van der Waals surface area contributed by atoms with Crippen molar-refractivity contribution >= 4 is 33.6 Å². The summed E-state index contributed by atoms with van der Waals surface area (Å²) in [7, 11) is -2.83. The topological polar surface area (TPSA) is 128 Å². The van der Waals surface area contributed by atoms with Gasteiger partial charge in [-0.1, -0.05) is 32.1 Å². The van der Waals surface area contributed by atoms with Crippen LogP contribution in [-0.4, -0.2) is 39.3 Å². The van der Waals surface area contributed by atoms with E-state index < -0.39 is 27.8 Å². The summed E-state index contributed by atoms with van der Waals surface area (Å²) in [4.78, 5) is 38.0. The molecule has 0 unspecified atom stereocenters. The summed E-state index contributed by atoms with van der Waals surface area (Å²) >= 11 is 0. The van der Waals surface area contributed by atoms with Crippen LogP contribution in [0.3, 0.4) is 0 Å². The van der Waals surface area contributed by atoms with Crippen molar-refractivity contribution < 1.29 is 32.3 Å². The van der Waals surface area contributed by atoms with Crippen molar-refractivity contribution in [3.63, 3.8) is 0 Å². The van der Waals surface area contributed by atoms with Gasteiger partial charge in [0.2, 0.25) is 0 Å². The Morgan fingerprint density at radius 3 is 2.64 bits per heavy atom. The van der Waals surface area contributed by atoms with Gasteiger partial charge in [-0.15, -0.1) is 0 Å². The lowest BCUT2D eigenvalue weighted by molar-refractivity contribution is -0.135. The summed E-state index contributed by atoms with van der Waals surface area (Å²) in [6.45, 7) is 5.84. The minimum absolute atomic E-state index is 0.0350. The molecule has 0 aliphatic heterocycles. The summed E-state index contributed by atoms with van der Waals surface area (Å²) in [6, 6.07) is 6.32. The average Bonchev–Trinajstić information content (AvgIpc) is 3.20. The first kappa shape index (κ1) is 27.4. The molecule has 0 heterocycles. The number of benzene rings is 1. The first-order valence-electron chi connectivity index (χ1n) is 13.5. The second-order valence-corrected chi connectivity index (χ2v) is 13.3. The number of rotatable bonds is 6. The summed E-state index contributed by atoms with van der Waals surface area (Å²) in [5.41, 5.74) is 0.351. The first-order valence-corrected chi connectivity index (χ1v) is 14.9. The maximum absolute atomic E-state index is 13.1. The molecule has 0 aromatic heterocycles. The molecule has 210 valence electrons. The summed E-state index contributed by atoms with van der Waals surface area (Å²) in [5, 5.41) is 0. The number of methoxy groups -OCH3 is 1. The van der Waals surface area contributed by atoms with Crippen LogP contribution in [0.15, 0.2) is 48.1 Å². The smallest absolute Gasteiger partial charge is 0.422 e. The standard InChI is InChI=1S/C29H36N2O7S/c1-17(32)23-10-11-24-22-9-8-18-14-20(33)12-13-28(18,2)26(22)25(16-29(23,24)3)38-27(34)31-39(35,36)30-19-6-5-7-21(15-19)37-4/h5-9,14-15,22-26,30H,10-13,16H2,1-4H3,(H,31,34)/t22-,23+,24-,25-,26-,28+,29+/m0/s1. The number of carbonyl (C=O) groups is 3. The number of nitrogens with one attached hydrogen (secondary N) is 2. The van der Waals surface area contributed by atoms with Gasteiger partial charge in [0.25, 0.3) is 0 Å². The zero-order chi connectivity index (χ0) is 28.2. The number of ether oxygens (including phenoxy) is 2. The molecule has 9 nitrogen and oxygen atoms in total. The molecule has 4 aliphatic rings. The largest absolute Gasteiger partial charge is 0.497 e. The molecule has 4 aliphatic carbocycles. The molecule has 39 heavy (non-hydrogen) atoms. The van der Waals surface area contributed by atoms with E-state index in [4.69, 9.17) is 9.47 Å². The molecule has 0 spiro atoms. The van der Waals surface area contributed by atoms with Crippen LogP contribution in [0, 0.1) is 34.5 Å². The van der Waals surface area contributed by atoms with Crippen LogP contribution in [0.5, 0.6) is 5.75 Å². The Balaban J connectivity index is 1.43. The molecule has 1 aromatic carbocycles. The van der Waals surface area contributed by atoms with Crippen LogP contribution in [0.1, 0.15) is 52.9 Å². The Hall–Kier alpha value is -3.14. The molecule has 2 saturated carbocycles. The molecule has 10 heteroatoms. The van der Waals surface area contributed by atoms with E-state index in [1.54, 1.807) is 25.1 Å². The third-order valence-corrected chi connectivity index (χ3v) is 10.7. The van der Waals surface area contributed by atoms with Crippen molar-refractivity contribution in [1.29, 1.82) is 0 Å². The van der Waals surface area contributed by atoms with Gasteiger partial charge in [-0.05, 0) is 79.1 Å². The van der Waals surface area contributed by atoms with E-state index in [1.165, 1.54) is 19.2 Å². The lowest BCUT2D eigenvalue weighted by Gasteiger charge is -2.58. The van der Waals surface area contributed by atoms with Gasteiger partial charge in [-0.2, -0.15) is 8.42 Å². The first-order chi connectivity index (χ1) is 18.4. The van der Waals surface area contributed by atoms with Crippen LogP contribution < -0.4 is 14.2 Å². The maximum atomic E-state index is 13.1. The van der Waals surface area contributed by atoms with Gasteiger partial charge in [0.1, 0.15) is 17.6 Å². The SMILES string of the molecule is COc1cccc(NS(=O)(=O)NC(=O)O[C@H]2C[C@]3(C)[C@@H](C(C)=O)CC[C@H]3[C@@H]3C=CC4=CC(=O)CC[C@@]4(C)[C@@H]32)c1. The van der Waals surface area contributed by atoms with Gasteiger partial charge in [0, 0.05) is 24.3 Å². The Labute approximate surface area is 229 Å². The fraction of sp³-hybridized carbons (Fsp3) is 0.552. The van der Waals surface area contributed by atoms with Crippen LogP contribution in [0.4, 0.5) is 10.5 Å². The van der Waals surface area contributed by atoms with Crippen LogP contribution in [-0.2, 0) is 24.5 Å². The fourth-order valence-electron chi connectivity index (χ4n) is 8.01. The van der Waals surface area contributed by atoms with Gasteiger partial charge >= 0.3 is 16.3 Å². The van der Waals surface area contributed by atoms with Crippen molar-refractivity contribution in [2.45, 2.75) is 59.0 Å². The molecule has 0 bridgehead atoms. The molecule has 5 rings (SSSR count). The van der Waals surface area contributed by atoms with Crippen molar-refractivity contribution in [2.75, 3.05) is 11.8 Å². The zero-order valence-corrected chi connectivity index (χ0v) is 23.5. The molecule has 2 fully saturated rings. The number of hydrogen-bond donors (Lipinski definition) is 2. The van der Waals surface area contributed by atoms with Gasteiger partial charge in [0.05, 0.1) is 12.8 Å². The Kier molecular flexibility index (Phi) is 6.89. The van der Waals surface area contributed by atoms with Gasteiger partial charge in [-0.3, -0.25) is 14.3 Å². The van der Waals surface area contributed by atoms with E-state index in [-0.39, 0.29) is 46.3 Å². The third kappa shape index (κ3) is 4.88. The highest BCUT2D eigenvalue weighted by molar-refractivity contribution is 7.91. The fourth-order valence-corrected chi connectivity index (χ4v) is 8.76. The Morgan fingerprint density at radius 2 is 1.92 bits per heavy atom. The number of Topliss-reactive ketones (excluding diaryl/α,β-unsaturated/α-hetero) is 1. The van der Waals surface area contributed by atoms with Crippen LogP contribution >= 0.6 is 0 Å². The second-order valence-electron chi connectivity index (χ2n) is 11.9. The normalized spacial score (nSPS) is 35.1. The van der Waals surface area contributed by atoms with E-state index in [9.17, 15) is 22.8 Å². The predicted octanol–water partition coefficient (Wildman–Crippen LogP) is 4.57. The van der Waals surface area contributed by atoms with E-state index in [2.05, 4.69) is 24.6 Å². The van der Waals surface area contributed by atoms with E-state index >= 15 is 0 Å². The van der Waals surface area contributed by atoms with Crippen LogP contribution in [0.2, 0.25) is 0 Å². The maximum Gasteiger partial charge on any atom is 0.422 e. The molecular formula is C29H36N2O7S. The highest BCUT2D eigenvalue weighted by atomic mass is 32.2. The van der Waals surface area contributed by atoms with Gasteiger partial charge < -0.3 is 9.47 Å². The average molecular weight is 557 g/mol. The number of amides is 1. The second kappa shape index (κ2) is 9.80. The minimum Gasteiger partial charge on any atom is -0.497 e. The van der Waals surface area contributed by atoms with E-state index in [1.807, 2.05) is 10.8 Å². The number of fused-ring (bicyclic) bond motifs is 5. The molecule has 2 N–H and O–H groups in total. The van der Waals surface area contributed by atoms with Crippen LogP contribution in [0.25, 0.3) is 0 Å². The van der Waals surface area contributed by atoms with Gasteiger partial charge in [0.15, 0.2) is 5.78 Å². The highest BCUT2D eigenvalue weighted by Gasteiger charge is 2.63. The third-order valence-electron chi connectivity index (χ3n) is 9.72. The molecule has 0 saturated heterocycles. The van der Waals surface area contributed by atoms with Crippen molar-refractivity contribution in [2.24, 2.45) is 34.5 Å². The predicted molar refractivity (Wildman–Crippen MR) is 145 cm³/mol. The van der Waals surface area contributed by atoms with Crippen molar-refractivity contribution in [1.82, 2.24) is 4.72 Å². The molecule has 7 atom stereocenters. The molecule has 1 aromatic rings. The van der Waals surface area contributed by atoms with E-state index in [0.29, 0.717) is 25.0 Å². The number of ketones is 2. The monoisotopic (exact) mass is 556 g/mol. The molecular weight excluding hydrogens is 520 g/mol. The lowest BCUT2D eigenvalue weighted by Crippen LogP contribution is -2.57. The van der Waals surface area contributed by atoms with Gasteiger partial charge in [-0.25, -0.2) is 9.52 Å². The lowest BCUT2D eigenvalue weighted by atomic mass is 9.47. The molecule has 0 radical (unpaired) electrons. The van der Waals surface area contributed by atoms with Crippen molar-refractivity contribution in [3.05, 3.63) is 48.1 Å². The number of carbonyl (C=O) groups excluding carboxylic acids is 3. The minimum atomic E-state index is -4.30. The summed E-state index contributed by atoms with van der Waals surface area (Å²) < 4.78 is 41.0.